The number of nitrogens with zero attached hydrogens (tertiary/aromatic N) is 3. The molecule has 0 aliphatic heterocycles. The molecule has 0 saturated heterocycles. The fraction of sp³-hybridized carbons (Fsp3) is 0.556. The Labute approximate surface area is 151 Å². The van der Waals surface area contributed by atoms with Gasteiger partial charge in [-0.2, -0.15) is 5.10 Å². The summed E-state index contributed by atoms with van der Waals surface area (Å²) in [6, 6.07) is 4.74. The first-order valence-corrected chi connectivity index (χ1v) is 9.15. The highest BCUT2D eigenvalue weighted by Crippen LogP contribution is 2.37. The number of halogens is 1. The minimum Gasteiger partial charge on any atom is -0.495 e. The number of carbonyl (C=O) groups excluding carboxylic acids is 1. The number of rotatable bonds is 3. The molecule has 24 heavy (non-hydrogen) atoms. The van der Waals surface area contributed by atoms with Crippen molar-refractivity contribution in [3.63, 3.8) is 0 Å². The molecular formula is C18H24BrN3O2. The summed E-state index contributed by atoms with van der Waals surface area (Å²) in [5.41, 5.74) is 0.949. The highest BCUT2D eigenvalue weighted by molar-refractivity contribution is 9.10. The summed E-state index contributed by atoms with van der Waals surface area (Å²) in [6.45, 7) is 3.90. The number of aromatic nitrogens is 2. The van der Waals surface area contributed by atoms with Crippen LogP contribution in [0.4, 0.5) is 0 Å². The third kappa shape index (κ3) is 3.16. The van der Waals surface area contributed by atoms with Gasteiger partial charge in [0.2, 0.25) is 5.91 Å². The standard InChI is InChI=1S/C18H24BrN3O2/c1-11-7-14(21(3)12(2)23)5-6-17(11)22-10-13-8-15(19)18(24-4)9-16(13)20-22/h8-11,14,17H,5-7H2,1-4H3/t11-,14?,17-/m1/s1. The second-order valence-corrected chi connectivity index (χ2v) is 7.65. The molecule has 0 spiro atoms. The van der Waals surface area contributed by atoms with Crippen molar-refractivity contribution in [1.82, 2.24) is 14.7 Å². The molecule has 1 aliphatic rings. The fourth-order valence-corrected chi connectivity index (χ4v) is 4.25. The number of ether oxygens (including phenoxy) is 1. The van der Waals surface area contributed by atoms with Crippen molar-refractivity contribution >= 4 is 32.7 Å². The molecule has 3 atom stereocenters. The quantitative estimate of drug-likeness (QED) is 0.790. The zero-order chi connectivity index (χ0) is 17.4. The first kappa shape index (κ1) is 17.3. The summed E-state index contributed by atoms with van der Waals surface area (Å²) in [6.07, 6.45) is 5.20. The van der Waals surface area contributed by atoms with Gasteiger partial charge < -0.3 is 9.64 Å². The van der Waals surface area contributed by atoms with Crippen LogP contribution in [0.1, 0.15) is 39.2 Å². The summed E-state index contributed by atoms with van der Waals surface area (Å²) in [4.78, 5) is 13.5. The van der Waals surface area contributed by atoms with E-state index in [0.717, 1.165) is 40.4 Å². The van der Waals surface area contributed by atoms with Gasteiger partial charge >= 0.3 is 0 Å². The molecular weight excluding hydrogens is 370 g/mol. The van der Waals surface area contributed by atoms with Crippen molar-refractivity contribution in [3.8, 4) is 5.75 Å². The number of carbonyl (C=O) groups is 1. The van der Waals surface area contributed by atoms with Crippen LogP contribution in [-0.2, 0) is 4.79 Å². The molecule has 5 nitrogen and oxygen atoms in total. The van der Waals surface area contributed by atoms with E-state index in [2.05, 4.69) is 39.8 Å². The highest BCUT2D eigenvalue weighted by Gasteiger charge is 2.32. The van der Waals surface area contributed by atoms with Crippen molar-refractivity contribution < 1.29 is 9.53 Å². The molecule has 1 aliphatic carbocycles. The average molecular weight is 394 g/mol. The van der Waals surface area contributed by atoms with Crippen LogP contribution >= 0.6 is 15.9 Å². The maximum Gasteiger partial charge on any atom is 0.219 e. The van der Waals surface area contributed by atoms with Crippen LogP contribution in [0.15, 0.2) is 22.8 Å². The van der Waals surface area contributed by atoms with Gasteiger partial charge in [-0.05, 0) is 47.2 Å². The van der Waals surface area contributed by atoms with Gasteiger partial charge in [0.05, 0.1) is 23.1 Å². The number of hydrogen-bond donors (Lipinski definition) is 0. The van der Waals surface area contributed by atoms with E-state index in [4.69, 9.17) is 9.84 Å². The molecule has 2 aromatic rings. The maximum atomic E-state index is 11.6. The van der Waals surface area contributed by atoms with E-state index in [1.54, 1.807) is 14.0 Å². The van der Waals surface area contributed by atoms with Crippen LogP contribution in [0.3, 0.4) is 0 Å². The summed E-state index contributed by atoms with van der Waals surface area (Å²) in [7, 11) is 3.57. The van der Waals surface area contributed by atoms with Crippen LogP contribution in [0.5, 0.6) is 5.75 Å². The first-order valence-electron chi connectivity index (χ1n) is 8.36. The van der Waals surface area contributed by atoms with Crippen molar-refractivity contribution in [2.45, 2.75) is 45.2 Å². The van der Waals surface area contributed by atoms with E-state index in [-0.39, 0.29) is 5.91 Å². The Morgan fingerprint density at radius 3 is 2.79 bits per heavy atom. The zero-order valence-corrected chi connectivity index (χ0v) is 16.2. The molecule has 1 saturated carbocycles. The Morgan fingerprint density at radius 1 is 1.42 bits per heavy atom. The molecule has 1 fully saturated rings. The van der Waals surface area contributed by atoms with Gasteiger partial charge in [-0.1, -0.05) is 6.92 Å². The van der Waals surface area contributed by atoms with Crippen molar-refractivity contribution in [2.75, 3.05) is 14.2 Å². The van der Waals surface area contributed by atoms with E-state index in [1.807, 2.05) is 18.0 Å². The smallest absolute Gasteiger partial charge is 0.219 e. The van der Waals surface area contributed by atoms with E-state index in [9.17, 15) is 4.79 Å². The van der Waals surface area contributed by atoms with Gasteiger partial charge in [0, 0.05) is 37.7 Å². The molecule has 1 amide bonds. The third-order valence-electron chi connectivity index (χ3n) is 5.28. The van der Waals surface area contributed by atoms with Crippen molar-refractivity contribution in [3.05, 3.63) is 22.8 Å². The van der Waals surface area contributed by atoms with Crippen molar-refractivity contribution in [2.24, 2.45) is 5.92 Å². The Hall–Kier alpha value is -1.56. The second-order valence-electron chi connectivity index (χ2n) is 6.80. The van der Waals surface area contributed by atoms with Crippen LogP contribution in [0.25, 0.3) is 10.9 Å². The van der Waals surface area contributed by atoms with Gasteiger partial charge in [-0.15, -0.1) is 0 Å². The summed E-state index contributed by atoms with van der Waals surface area (Å²) >= 11 is 3.53. The topological polar surface area (TPSA) is 47.4 Å². The van der Waals surface area contributed by atoms with Crippen molar-refractivity contribution in [1.29, 1.82) is 0 Å². The van der Waals surface area contributed by atoms with Gasteiger partial charge in [0.15, 0.2) is 0 Å². The van der Waals surface area contributed by atoms with Gasteiger partial charge in [-0.3, -0.25) is 9.48 Å². The van der Waals surface area contributed by atoms with E-state index < -0.39 is 0 Å². The molecule has 1 aromatic heterocycles. The molecule has 1 aromatic carbocycles. The normalized spacial score (nSPS) is 24.1. The second kappa shape index (κ2) is 6.75. The first-order chi connectivity index (χ1) is 11.4. The number of fused-ring (bicyclic) bond motifs is 1. The zero-order valence-electron chi connectivity index (χ0n) is 14.6. The fourth-order valence-electron chi connectivity index (χ4n) is 3.72. The predicted molar refractivity (Wildman–Crippen MR) is 98.3 cm³/mol. The lowest BCUT2D eigenvalue weighted by Crippen LogP contribution is -2.41. The predicted octanol–water partition coefficient (Wildman–Crippen LogP) is 4.02. The lowest BCUT2D eigenvalue weighted by Gasteiger charge is -2.38. The Kier molecular flexibility index (Phi) is 4.85. The number of amides is 1. The molecule has 0 N–H and O–H groups in total. The molecule has 3 rings (SSSR count). The largest absolute Gasteiger partial charge is 0.495 e. The Morgan fingerprint density at radius 2 is 2.17 bits per heavy atom. The van der Waals surface area contributed by atoms with Crippen LogP contribution in [0.2, 0.25) is 0 Å². The molecule has 0 bridgehead atoms. The van der Waals surface area contributed by atoms with Gasteiger partial charge in [0.25, 0.3) is 0 Å². The van der Waals surface area contributed by atoms with Gasteiger partial charge in [0.1, 0.15) is 5.75 Å². The van der Waals surface area contributed by atoms with E-state index >= 15 is 0 Å². The third-order valence-corrected chi connectivity index (χ3v) is 5.90. The summed E-state index contributed by atoms with van der Waals surface area (Å²) < 4.78 is 8.40. The molecule has 1 unspecified atom stereocenters. The highest BCUT2D eigenvalue weighted by atomic mass is 79.9. The minimum absolute atomic E-state index is 0.146. The lowest BCUT2D eigenvalue weighted by molar-refractivity contribution is -0.130. The molecule has 6 heteroatoms. The van der Waals surface area contributed by atoms with Crippen LogP contribution in [-0.4, -0.2) is 40.8 Å². The summed E-state index contributed by atoms with van der Waals surface area (Å²) in [5, 5.41) is 5.89. The van der Waals surface area contributed by atoms with Crippen LogP contribution < -0.4 is 4.74 Å². The monoisotopic (exact) mass is 393 g/mol. The average Bonchev–Trinajstić information content (AvgIpc) is 2.95. The van der Waals surface area contributed by atoms with Gasteiger partial charge in [-0.25, -0.2) is 0 Å². The SMILES string of the molecule is COc1cc2nn([C@@H]3CCC(N(C)C(C)=O)C[C@H]3C)cc2cc1Br. The van der Waals surface area contributed by atoms with E-state index in [0.29, 0.717) is 18.0 Å². The Bertz CT molecular complexity index is 758. The summed E-state index contributed by atoms with van der Waals surface area (Å²) in [5.74, 6) is 1.42. The molecule has 130 valence electrons. The lowest BCUT2D eigenvalue weighted by atomic mass is 9.82. The minimum atomic E-state index is 0.146. The number of hydrogen-bond acceptors (Lipinski definition) is 3. The number of benzene rings is 1. The maximum absolute atomic E-state index is 11.6. The van der Waals surface area contributed by atoms with Crippen LogP contribution in [0, 0.1) is 5.92 Å². The van der Waals surface area contributed by atoms with E-state index in [1.165, 1.54) is 0 Å². The molecule has 1 heterocycles. The molecule has 0 radical (unpaired) electrons. The Balaban J connectivity index is 1.82. The number of methoxy groups -OCH3 is 1.